The molecule has 1 N–H and O–H groups in total. The molecule has 1 aromatic heterocycles. The van der Waals surface area contributed by atoms with Crippen molar-refractivity contribution in [3.63, 3.8) is 0 Å². The Morgan fingerprint density at radius 2 is 2.14 bits per heavy atom. The molecule has 0 bridgehead atoms. The Balaban J connectivity index is 1.94. The van der Waals surface area contributed by atoms with Crippen LogP contribution in [0.1, 0.15) is 11.3 Å². The average molecular weight is 323 g/mol. The van der Waals surface area contributed by atoms with Gasteiger partial charge in [0.1, 0.15) is 0 Å². The molecule has 0 atom stereocenters. The van der Waals surface area contributed by atoms with Crippen molar-refractivity contribution < 1.29 is 13.2 Å². The highest BCUT2D eigenvalue weighted by atomic mass is 32.2. The van der Waals surface area contributed by atoms with Crippen molar-refractivity contribution in [1.82, 2.24) is 4.98 Å². The van der Waals surface area contributed by atoms with Gasteiger partial charge < -0.3 is 4.90 Å². The topological polar surface area (TPSA) is 79.4 Å². The van der Waals surface area contributed by atoms with E-state index in [1.807, 2.05) is 0 Å². The Morgan fingerprint density at radius 3 is 2.81 bits per heavy atom. The second-order valence-electron chi connectivity index (χ2n) is 4.82. The van der Waals surface area contributed by atoms with Gasteiger partial charge in [-0.2, -0.15) is 0 Å². The lowest BCUT2D eigenvalue weighted by Gasteiger charge is -2.11. The highest BCUT2D eigenvalue weighted by Crippen LogP contribution is 2.30. The zero-order valence-electron chi connectivity index (χ0n) is 11.5. The molecule has 0 saturated carbocycles. The number of thiazole rings is 1. The fraction of sp³-hybridized carbons (Fsp3) is 0.231. The minimum Gasteiger partial charge on any atom is -0.315 e. The van der Waals surface area contributed by atoms with Gasteiger partial charge in [0.05, 0.1) is 17.0 Å². The molecule has 110 valence electrons. The molecule has 2 aromatic rings. The molecule has 0 aliphatic carbocycles. The Labute approximate surface area is 126 Å². The number of rotatable bonds is 3. The van der Waals surface area contributed by atoms with E-state index in [1.165, 1.54) is 22.3 Å². The molecular formula is C13H13N3O3S2. The molecule has 0 radical (unpaired) electrons. The SMILES string of the molecule is Cc1csc(NS(=O)(=O)c2ccc3c(c2)CC(=O)N3C)n1. The third-order valence-electron chi connectivity index (χ3n) is 3.28. The minimum atomic E-state index is -3.69. The van der Waals surface area contributed by atoms with Crippen LogP contribution in [-0.4, -0.2) is 26.4 Å². The number of fused-ring (bicyclic) bond motifs is 1. The number of aryl methyl sites for hydroxylation is 1. The van der Waals surface area contributed by atoms with Crippen LogP contribution in [0.5, 0.6) is 0 Å². The van der Waals surface area contributed by atoms with E-state index in [0.717, 1.165) is 16.9 Å². The first-order valence-electron chi connectivity index (χ1n) is 6.21. The number of hydrogen-bond acceptors (Lipinski definition) is 5. The first-order valence-corrected chi connectivity index (χ1v) is 8.57. The number of amides is 1. The Hall–Kier alpha value is -1.93. The Kier molecular flexibility index (Phi) is 3.22. The fourth-order valence-corrected chi connectivity index (χ4v) is 4.18. The molecule has 1 aromatic carbocycles. The van der Waals surface area contributed by atoms with Crippen LogP contribution in [0.4, 0.5) is 10.8 Å². The summed E-state index contributed by atoms with van der Waals surface area (Å²) in [5.41, 5.74) is 2.24. The predicted molar refractivity (Wildman–Crippen MR) is 81.2 cm³/mol. The van der Waals surface area contributed by atoms with Crippen LogP contribution in [0.25, 0.3) is 0 Å². The van der Waals surface area contributed by atoms with E-state index in [-0.39, 0.29) is 17.2 Å². The summed E-state index contributed by atoms with van der Waals surface area (Å²) in [6.07, 6.45) is 0.228. The molecule has 2 heterocycles. The van der Waals surface area contributed by atoms with Gasteiger partial charge in [0, 0.05) is 18.1 Å². The number of aromatic nitrogens is 1. The third-order valence-corrected chi connectivity index (χ3v) is 5.62. The number of carbonyl (C=O) groups excluding carboxylic acids is 1. The summed E-state index contributed by atoms with van der Waals surface area (Å²) in [6, 6.07) is 4.69. The van der Waals surface area contributed by atoms with E-state index in [4.69, 9.17) is 0 Å². The van der Waals surface area contributed by atoms with Gasteiger partial charge in [0.25, 0.3) is 10.0 Å². The molecule has 0 saturated heterocycles. The number of sulfonamides is 1. The number of nitrogens with one attached hydrogen (secondary N) is 1. The van der Waals surface area contributed by atoms with Gasteiger partial charge in [0.2, 0.25) is 5.91 Å². The van der Waals surface area contributed by atoms with E-state index in [2.05, 4.69) is 9.71 Å². The van der Waals surface area contributed by atoms with E-state index in [1.54, 1.807) is 31.5 Å². The molecule has 0 fully saturated rings. The summed E-state index contributed by atoms with van der Waals surface area (Å²) in [4.78, 5) is 17.4. The smallest absolute Gasteiger partial charge is 0.263 e. The van der Waals surface area contributed by atoms with Crippen molar-refractivity contribution in [3.05, 3.63) is 34.8 Å². The van der Waals surface area contributed by atoms with Crippen LogP contribution in [0.3, 0.4) is 0 Å². The van der Waals surface area contributed by atoms with Crippen molar-refractivity contribution in [2.75, 3.05) is 16.7 Å². The summed E-state index contributed by atoms with van der Waals surface area (Å²) in [5, 5.41) is 2.11. The Morgan fingerprint density at radius 1 is 1.38 bits per heavy atom. The summed E-state index contributed by atoms with van der Waals surface area (Å²) in [7, 11) is -2.01. The lowest BCUT2D eigenvalue weighted by Crippen LogP contribution is -2.20. The maximum absolute atomic E-state index is 12.3. The maximum atomic E-state index is 12.3. The first kappa shape index (κ1) is 14.0. The van der Waals surface area contributed by atoms with Crippen LogP contribution in [0, 0.1) is 6.92 Å². The molecule has 8 heteroatoms. The lowest BCUT2D eigenvalue weighted by molar-refractivity contribution is -0.117. The van der Waals surface area contributed by atoms with Crippen LogP contribution in [0.2, 0.25) is 0 Å². The molecular weight excluding hydrogens is 310 g/mol. The molecule has 1 aliphatic rings. The van der Waals surface area contributed by atoms with Crippen molar-refractivity contribution in [2.24, 2.45) is 0 Å². The van der Waals surface area contributed by atoms with Crippen molar-refractivity contribution in [2.45, 2.75) is 18.2 Å². The zero-order valence-corrected chi connectivity index (χ0v) is 13.1. The molecule has 0 spiro atoms. The van der Waals surface area contributed by atoms with Gasteiger partial charge in [0.15, 0.2) is 5.13 Å². The van der Waals surface area contributed by atoms with Gasteiger partial charge in [-0.3, -0.25) is 9.52 Å². The minimum absolute atomic E-state index is 0.0388. The second-order valence-corrected chi connectivity index (χ2v) is 7.36. The highest BCUT2D eigenvalue weighted by Gasteiger charge is 2.26. The van der Waals surface area contributed by atoms with Gasteiger partial charge in [-0.15, -0.1) is 11.3 Å². The maximum Gasteiger partial charge on any atom is 0.263 e. The molecule has 0 unspecified atom stereocenters. The van der Waals surface area contributed by atoms with E-state index >= 15 is 0 Å². The normalized spacial score (nSPS) is 14.4. The first-order chi connectivity index (χ1) is 9.87. The van der Waals surface area contributed by atoms with Crippen molar-refractivity contribution in [3.8, 4) is 0 Å². The fourth-order valence-electron chi connectivity index (χ4n) is 2.19. The Bertz CT molecular complexity index is 827. The van der Waals surface area contributed by atoms with E-state index in [0.29, 0.717) is 5.13 Å². The average Bonchev–Trinajstić information content (AvgIpc) is 2.93. The third kappa shape index (κ3) is 2.52. The number of likely N-dealkylation sites (N-methyl/N-ethyl adjacent to an activating group) is 1. The van der Waals surface area contributed by atoms with Gasteiger partial charge in [-0.25, -0.2) is 13.4 Å². The molecule has 3 rings (SSSR count). The number of carbonyl (C=O) groups is 1. The lowest BCUT2D eigenvalue weighted by atomic mass is 10.2. The van der Waals surface area contributed by atoms with Crippen LogP contribution in [0.15, 0.2) is 28.5 Å². The van der Waals surface area contributed by atoms with Gasteiger partial charge in [-0.05, 0) is 30.7 Å². The van der Waals surface area contributed by atoms with Crippen molar-refractivity contribution in [1.29, 1.82) is 0 Å². The molecule has 1 amide bonds. The quantitative estimate of drug-likeness (QED) is 0.933. The van der Waals surface area contributed by atoms with E-state index in [9.17, 15) is 13.2 Å². The monoisotopic (exact) mass is 323 g/mol. The largest absolute Gasteiger partial charge is 0.315 e. The zero-order chi connectivity index (χ0) is 15.2. The molecule has 1 aliphatic heterocycles. The number of hydrogen-bond donors (Lipinski definition) is 1. The standard InChI is InChI=1S/C13H13N3O3S2/c1-8-7-20-13(14-8)15-21(18,19)10-3-4-11-9(5-10)6-12(17)16(11)2/h3-5,7H,6H2,1-2H3,(H,14,15). The molecule has 21 heavy (non-hydrogen) atoms. The summed E-state index contributed by atoms with van der Waals surface area (Å²) in [6.45, 7) is 1.80. The van der Waals surface area contributed by atoms with Crippen molar-refractivity contribution >= 4 is 38.1 Å². The van der Waals surface area contributed by atoms with Crippen LogP contribution >= 0.6 is 11.3 Å². The summed E-state index contributed by atoms with van der Waals surface area (Å²) in [5.74, 6) is -0.0388. The predicted octanol–water partition coefficient (Wildman–Crippen LogP) is 1.77. The van der Waals surface area contributed by atoms with Crippen LogP contribution in [-0.2, 0) is 21.2 Å². The summed E-state index contributed by atoms with van der Waals surface area (Å²) < 4.78 is 27.1. The van der Waals surface area contributed by atoms with Gasteiger partial charge >= 0.3 is 0 Å². The number of nitrogens with zero attached hydrogens (tertiary/aromatic N) is 2. The second kappa shape index (κ2) is 4.81. The summed E-state index contributed by atoms with van der Waals surface area (Å²) >= 11 is 1.23. The van der Waals surface area contributed by atoms with Gasteiger partial charge in [-0.1, -0.05) is 0 Å². The van der Waals surface area contributed by atoms with E-state index < -0.39 is 10.0 Å². The number of anilines is 2. The van der Waals surface area contributed by atoms with Crippen LogP contribution < -0.4 is 9.62 Å². The highest BCUT2D eigenvalue weighted by molar-refractivity contribution is 7.93. The number of benzene rings is 1. The molecule has 6 nitrogen and oxygen atoms in total.